The SMILES string of the molecule is CC1[C@@H]2[C@H](CC[C@@H](C)N)C(O)=CC[C@H]12. The molecule has 1 fully saturated rings. The van der Waals surface area contributed by atoms with E-state index in [4.69, 9.17) is 5.73 Å². The number of hydrogen-bond acceptors (Lipinski definition) is 2. The molecular weight excluding hydrogens is 174 g/mol. The van der Waals surface area contributed by atoms with Crippen LogP contribution in [0.2, 0.25) is 0 Å². The Bertz CT molecular complexity index is 247. The summed E-state index contributed by atoms with van der Waals surface area (Å²) in [5.74, 6) is 3.46. The van der Waals surface area contributed by atoms with Crippen molar-refractivity contribution in [2.24, 2.45) is 29.4 Å². The van der Waals surface area contributed by atoms with Gasteiger partial charge in [-0.3, -0.25) is 0 Å². The minimum absolute atomic E-state index is 0.261. The van der Waals surface area contributed by atoms with Gasteiger partial charge in [0.15, 0.2) is 0 Å². The van der Waals surface area contributed by atoms with Crippen molar-refractivity contribution < 1.29 is 5.11 Å². The summed E-state index contributed by atoms with van der Waals surface area (Å²) in [6.45, 7) is 4.35. The van der Waals surface area contributed by atoms with E-state index in [-0.39, 0.29) is 6.04 Å². The van der Waals surface area contributed by atoms with Crippen LogP contribution in [0.4, 0.5) is 0 Å². The van der Waals surface area contributed by atoms with Gasteiger partial charge in [-0.05, 0) is 50.0 Å². The number of fused-ring (bicyclic) bond motifs is 1. The van der Waals surface area contributed by atoms with Crippen molar-refractivity contribution in [1.29, 1.82) is 0 Å². The summed E-state index contributed by atoms with van der Waals surface area (Å²) < 4.78 is 0. The first kappa shape index (κ1) is 10.0. The van der Waals surface area contributed by atoms with Crippen molar-refractivity contribution in [2.75, 3.05) is 0 Å². The maximum absolute atomic E-state index is 9.82. The molecule has 1 unspecified atom stereocenters. The van der Waals surface area contributed by atoms with E-state index in [1.807, 2.05) is 13.0 Å². The lowest BCUT2D eigenvalue weighted by atomic mass is 9.88. The van der Waals surface area contributed by atoms with E-state index in [0.29, 0.717) is 11.7 Å². The number of nitrogens with two attached hydrogens (primary N) is 1. The summed E-state index contributed by atoms with van der Waals surface area (Å²) in [5.41, 5.74) is 5.75. The van der Waals surface area contributed by atoms with Gasteiger partial charge < -0.3 is 10.8 Å². The van der Waals surface area contributed by atoms with Gasteiger partial charge in [0, 0.05) is 12.0 Å². The molecule has 0 bridgehead atoms. The van der Waals surface area contributed by atoms with Crippen LogP contribution in [0.15, 0.2) is 11.8 Å². The third-order valence-corrected chi connectivity index (χ3v) is 4.01. The quantitative estimate of drug-likeness (QED) is 0.726. The van der Waals surface area contributed by atoms with Crippen LogP contribution in [-0.4, -0.2) is 11.1 Å². The average Bonchev–Trinajstić information content (AvgIpc) is 2.75. The molecule has 0 radical (unpaired) electrons. The summed E-state index contributed by atoms with van der Waals surface area (Å²) in [7, 11) is 0. The lowest BCUT2D eigenvalue weighted by Crippen LogP contribution is -2.19. The van der Waals surface area contributed by atoms with E-state index in [2.05, 4.69) is 6.92 Å². The largest absolute Gasteiger partial charge is 0.512 e. The molecule has 0 amide bonds. The van der Waals surface area contributed by atoms with Crippen LogP contribution in [0.5, 0.6) is 0 Å². The van der Waals surface area contributed by atoms with Gasteiger partial charge in [0.1, 0.15) is 0 Å². The second-order valence-electron chi connectivity index (χ2n) is 5.13. The molecule has 1 saturated carbocycles. The molecule has 5 atom stereocenters. The predicted molar refractivity (Wildman–Crippen MR) is 57.8 cm³/mol. The molecule has 0 aromatic rings. The zero-order valence-corrected chi connectivity index (χ0v) is 9.11. The molecule has 2 aliphatic carbocycles. The number of aliphatic hydroxyl groups is 1. The summed E-state index contributed by atoms with van der Waals surface area (Å²) in [6.07, 6.45) is 5.20. The zero-order valence-electron chi connectivity index (χ0n) is 9.11. The second kappa shape index (κ2) is 3.58. The Morgan fingerprint density at radius 2 is 2.36 bits per heavy atom. The number of aliphatic hydroxyl groups excluding tert-OH is 1. The highest BCUT2D eigenvalue weighted by Crippen LogP contribution is 2.58. The molecule has 0 aliphatic heterocycles. The van der Waals surface area contributed by atoms with Gasteiger partial charge in [0.25, 0.3) is 0 Å². The summed E-state index contributed by atoms with van der Waals surface area (Å²) in [6, 6.07) is 0.261. The fraction of sp³-hybridized carbons (Fsp3) is 0.833. The highest BCUT2D eigenvalue weighted by molar-refractivity contribution is 5.15. The van der Waals surface area contributed by atoms with Gasteiger partial charge in [0.2, 0.25) is 0 Å². The van der Waals surface area contributed by atoms with Crippen molar-refractivity contribution in [3.05, 3.63) is 11.8 Å². The maximum atomic E-state index is 9.82. The summed E-state index contributed by atoms with van der Waals surface area (Å²) in [4.78, 5) is 0. The average molecular weight is 195 g/mol. The standard InChI is InChI=1S/C12H21NO/c1-7(13)3-4-10-11(14)6-5-9-8(2)12(9)10/h6-10,12,14H,3-5,13H2,1-2H3/t7-,8?,9-,10-,12+/m1/s1. The first-order valence-corrected chi connectivity index (χ1v) is 5.76. The fourth-order valence-electron chi connectivity index (χ4n) is 3.00. The predicted octanol–water partition coefficient (Wildman–Crippen LogP) is 2.46. The van der Waals surface area contributed by atoms with Gasteiger partial charge in [-0.1, -0.05) is 6.92 Å². The van der Waals surface area contributed by atoms with E-state index in [1.54, 1.807) is 0 Å². The van der Waals surface area contributed by atoms with Gasteiger partial charge >= 0.3 is 0 Å². The molecule has 2 heteroatoms. The topological polar surface area (TPSA) is 46.2 Å². The maximum Gasteiger partial charge on any atom is 0.0916 e. The van der Waals surface area contributed by atoms with Crippen LogP contribution in [-0.2, 0) is 0 Å². The highest BCUT2D eigenvalue weighted by Gasteiger charge is 2.52. The Labute approximate surface area is 86.2 Å². The van der Waals surface area contributed by atoms with Crippen LogP contribution in [0.1, 0.15) is 33.1 Å². The Morgan fingerprint density at radius 1 is 1.64 bits per heavy atom. The van der Waals surface area contributed by atoms with Crippen molar-refractivity contribution in [3.63, 3.8) is 0 Å². The first-order chi connectivity index (χ1) is 6.61. The van der Waals surface area contributed by atoms with Crippen molar-refractivity contribution in [2.45, 2.75) is 39.2 Å². The summed E-state index contributed by atoms with van der Waals surface area (Å²) >= 11 is 0. The Morgan fingerprint density at radius 3 is 3.00 bits per heavy atom. The molecule has 14 heavy (non-hydrogen) atoms. The molecule has 0 aromatic carbocycles. The van der Waals surface area contributed by atoms with Crippen molar-refractivity contribution in [1.82, 2.24) is 0 Å². The zero-order chi connectivity index (χ0) is 10.3. The highest BCUT2D eigenvalue weighted by atomic mass is 16.3. The molecule has 80 valence electrons. The van der Waals surface area contributed by atoms with Crippen molar-refractivity contribution in [3.8, 4) is 0 Å². The number of hydrogen-bond donors (Lipinski definition) is 2. The third kappa shape index (κ3) is 1.68. The number of rotatable bonds is 3. The molecule has 3 N–H and O–H groups in total. The molecular formula is C12H21NO. The van der Waals surface area contributed by atoms with E-state index < -0.39 is 0 Å². The molecule has 0 spiro atoms. The van der Waals surface area contributed by atoms with Crippen LogP contribution < -0.4 is 5.73 Å². The Hall–Kier alpha value is -0.500. The normalized spacial score (nSPS) is 42.6. The molecule has 0 aromatic heterocycles. The molecule has 0 heterocycles. The molecule has 2 nitrogen and oxygen atoms in total. The minimum atomic E-state index is 0.261. The minimum Gasteiger partial charge on any atom is -0.512 e. The van der Waals surface area contributed by atoms with E-state index >= 15 is 0 Å². The number of allylic oxidation sites excluding steroid dienone is 2. The molecule has 2 rings (SSSR count). The van der Waals surface area contributed by atoms with Gasteiger partial charge in [-0.25, -0.2) is 0 Å². The fourth-order valence-corrected chi connectivity index (χ4v) is 3.00. The van der Waals surface area contributed by atoms with E-state index in [1.165, 1.54) is 0 Å². The molecule has 2 aliphatic rings. The van der Waals surface area contributed by atoms with Crippen LogP contribution in [0.25, 0.3) is 0 Å². The monoisotopic (exact) mass is 195 g/mol. The first-order valence-electron chi connectivity index (χ1n) is 5.76. The molecule has 0 saturated heterocycles. The van der Waals surface area contributed by atoms with Gasteiger partial charge in [-0.15, -0.1) is 0 Å². The third-order valence-electron chi connectivity index (χ3n) is 4.01. The smallest absolute Gasteiger partial charge is 0.0916 e. The van der Waals surface area contributed by atoms with Crippen molar-refractivity contribution >= 4 is 0 Å². The second-order valence-corrected chi connectivity index (χ2v) is 5.13. The Kier molecular flexibility index (Phi) is 2.56. The van der Waals surface area contributed by atoms with Crippen LogP contribution >= 0.6 is 0 Å². The lowest BCUT2D eigenvalue weighted by Gasteiger charge is -2.20. The van der Waals surface area contributed by atoms with Gasteiger partial charge in [-0.2, -0.15) is 0 Å². The lowest BCUT2D eigenvalue weighted by molar-refractivity contribution is 0.266. The Balaban J connectivity index is 1.95. The van der Waals surface area contributed by atoms with E-state index in [0.717, 1.165) is 37.0 Å². The summed E-state index contributed by atoms with van der Waals surface area (Å²) in [5, 5.41) is 9.82. The van der Waals surface area contributed by atoms with Gasteiger partial charge in [0.05, 0.1) is 5.76 Å². The van der Waals surface area contributed by atoms with Crippen LogP contribution in [0, 0.1) is 23.7 Å². The van der Waals surface area contributed by atoms with Crippen LogP contribution in [0.3, 0.4) is 0 Å². The van der Waals surface area contributed by atoms with E-state index in [9.17, 15) is 5.11 Å².